The van der Waals surface area contributed by atoms with Crippen LogP contribution in [0.15, 0.2) is 0 Å². The minimum Gasteiger partial charge on any atom is -0.380 e. The fourth-order valence-corrected chi connectivity index (χ4v) is 2.51. The number of ether oxygens (including phenoxy) is 1. The minimum absolute atomic E-state index is 0.149. The molecule has 2 rings (SSSR count). The number of likely N-dealkylation sites (tertiary alicyclic amines) is 1. The van der Waals surface area contributed by atoms with Gasteiger partial charge in [0.2, 0.25) is 0 Å². The normalized spacial score (nSPS) is 35.1. The van der Waals surface area contributed by atoms with Crippen molar-refractivity contribution in [3.8, 4) is 6.07 Å². The Hall–Kier alpha value is -0.590. The maximum Gasteiger partial charge on any atom is 0.0981 e. The molecule has 3 nitrogen and oxygen atoms in total. The molecule has 2 atom stereocenters. The number of rotatable bonds is 1. The molecule has 0 aromatic carbocycles. The predicted molar refractivity (Wildman–Crippen MR) is 53.8 cm³/mol. The van der Waals surface area contributed by atoms with Crippen molar-refractivity contribution in [1.82, 2.24) is 4.90 Å². The molecule has 2 unspecified atom stereocenters. The standard InChI is InChI=1S/C11H18N2O/c12-8-10-4-1-2-6-13(10)11-5-3-7-14-9-11/h10-11H,1-7,9H2. The molecule has 2 aliphatic rings. The van der Waals surface area contributed by atoms with Gasteiger partial charge in [-0.05, 0) is 38.6 Å². The molecule has 0 aromatic heterocycles. The Morgan fingerprint density at radius 1 is 1.21 bits per heavy atom. The topological polar surface area (TPSA) is 36.3 Å². The van der Waals surface area contributed by atoms with Gasteiger partial charge in [-0.3, -0.25) is 4.90 Å². The lowest BCUT2D eigenvalue weighted by Gasteiger charge is -2.39. The lowest BCUT2D eigenvalue weighted by molar-refractivity contribution is -0.000655. The van der Waals surface area contributed by atoms with E-state index in [9.17, 15) is 0 Å². The Kier molecular flexibility index (Phi) is 3.39. The van der Waals surface area contributed by atoms with Crippen LogP contribution in [0.3, 0.4) is 0 Å². The summed E-state index contributed by atoms with van der Waals surface area (Å²) in [5.41, 5.74) is 0. The van der Waals surface area contributed by atoms with Gasteiger partial charge in [0.15, 0.2) is 0 Å². The molecule has 0 aliphatic carbocycles. The average Bonchev–Trinajstić information content (AvgIpc) is 2.30. The first-order valence-electron chi connectivity index (χ1n) is 5.65. The molecular weight excluding hydrogens is 176 g/mol. The zero-order valence-corrected chi connectivity index (χ0v) is 8.61. The van der Waals surface area contributed by atoms with E-state index in [0.717, 1.165) is 32.6 Å². The summed E-state index contributed by atoms with van der Waals surface area (Å²) in [5.74, 6) is 0. The van der Waals surface area contributed by atoms with E-state index in [0.29, 0.717) is 6.04 Å². The van der Waals surface area contributed by atoms with Crippen LogP contribution in [0.5, 0.6) is 0 Å². The molecule has 2 saturated heterocycles. The highest BCUT2D eigenvalue weighted by Crippen LogP contribution is 2.23. The SMILES string of the molecule is N#CC1CCCCN1C1CCCOC1. The summed E-state index contributed by atoms with van der Waals surface area (Å²) in [6, 6.07) is 3.08. The Bertz CT molecular complexity index is 218. The monoisotopic (exact) mass is 194 g/mol. The van der Waals surface area contributed by atoms with Crippen molar-refractivity contribution >= 4 is 0 Å². The van der Waals surface area contributed by atoms with E-state index >= 15 is 0 Å². The number of piperidine rings is 1. The summed E-state index contributed by atoms with van der Waals surface area (Å²) < 4.78 is 5.48. The zero-order chi connectivity index (χ0) is 9.80. The maximum atomic E-state index is 9.06. The number of nitriles is 1. The first-order valence-corrected chi connectivity index (χ1v) is 5.65. The van der Waals surface area contributed by atoms with E-state index in [-0.39, 0.29) is 6.04 Å². The Labute approximate surface area is 85.6 Å². The van der Waals surface area contributed by atoms with Gasteiger partial charge in [-0.25, -0.2) is 0 Å². The molecule has 0 saturated carbocycles. The van der Waals surface area contributed by atoms with Gasteiger partial charge in [0.05, 0.1) is 18.7 Å². The highest BCUT2D eigenvalue weighted by atomic mass is 16.5. The zero-order valence-electron chi connectivity index (χ0n) is 8.61. The number of nitrogens with zero attached hydrogens (tertiary/aromatic N) is 2. The molecule has 78 valence electrons. The van der Waals surface area contributed by atoms with Crippen molar-refractivity contribution in [3.05, 3.63) is 0 Å². The van der Waals surface area contributed by atoms with E-state index in [1.165, 1.54) is 19.3 Å². The van der Waals surface area contributed by atoms with Crippen LogP contribution >= 0.6 is 0 Å². The molecule has 2 aliphatic heterocycles. The van der Waals surface area contributed by atoms with E-state index in [1.54, 1.807) is 0 Å². The lowest BCUT2D eigenvalue weighted by Crippen LogP contribution is -2.49. The third-order valence-electron chi connectivity index (χ3n) is 3.30. The molecule has 3 heteroatoms. The summed E-state index contributed by atoms with van der Waals surface area (Å²) in [6.07, 6.45) is 5.86. The van der Waals surface area contributed by atoms with E-state index < -0.39 is 0 Å². The highest BCUT2D eigenvalue weighted by molar-refractivity contribution is 4.96. The Morgan fingerprint density at radius 2 is 2.14 bits per heavy atom. The van der Waals surface area contributed by atoms with Gasteiger partial charge in [0, 0.05) is 12.6 Å². The van der Waals surface area contributed by atoms with Gasteiger partial charge in [0.1, 0.15) is 0 Å². The van der Waals surface area contributed by atoms with Crippen LogP contribution in [-0.4, -0.2) is 36.7 Å². The predicted octanol–water partition coefficient (Wildman–Crippen LogP) is 1.54. The maximum absolute atomic E-state index is 9.06. The molecule has 14 heavy (non-hydrogen) atoms. The third-order valence-corrected chi connectivity index (χ3v) is 3.30. The fraction of sp³-hybridized carbons (Fsp3) is 0.909. The largest absolute Gasteiger partial charge is 0.380 e. The van der Waals surface area contributed by atoms with Crippen LogP contribution in [0.2, 0.25) is 0 Å². The number of hydrogen-bond acceptors (Lipinski definition) is 3. The fourth-order valence-electron chi connectivity index (χ4n) is 2.51. The van der Waals surface area contributed by atoms with Crippen LogP contribution in [0.25, 0.3) is 0 Å². The highest BCUT2D eigenvalue weighted by Gasteiger charge is 2.29. The molecule has 0 radical (unpaired) electrons. The Balaban J connectivity index is 1.95. The summed E-state index contributed by atoms with van der Waals surface area (Å²) in [6.45, 7) is 2.83. The van der Waals surface area contributed by atoms with Crippen molar-refractivity contribution in [3.63, 3.8) is 0 Å². The summed E-state index contributed by atoms with van der Waals surface area (Å²) in [5, 5.41) is 9.06. The molecule has 0 bridgehead atoms. The van der Waals surface area contributed by atoms with Gasteiger partial charge in [0.25, 0.3) is 0 Å². The molecule has 0 aromatic rings. The quantitative estimate of drug-likeness (QED) is 0.635. The first kappa shape index (κ1) is 9.95. The molecular formula is C11H18N2O. The first-order chi connectivity index (χ1) is 6.92. The van der Waals surface area contributed by atoms with Crippen molar-refractivity contribution in [2.24, 2.45) is 0 Å². The van der Waals surface area contributed by atoms with Crippen molar-refractivity contribution < 1.29 is 4.74 Å². The van der Waals surface area contributed by atoms with E-state index in [4.69, 9.17) is 10.00 Å². The summed E-state index contributed by atoms with van der Waals surface area (Å²) in [7, 11) is 0. The van der Waals surface area contributed by atoms with Crippen LogP contribution in [-0.2, 0) is 4.74 Å². The molecule has 0 N–H and O–H groups in total. The summed E-state index contributed by atoms with van der Waals surface area (Å²) in [4.78, 5) is 2.36. The van der Waals surface area contributed by atoms with Crippen LogP contribution < -0.4 is 0 Å². The van der Waals surface area contributed by atoms with E-state index in [1.807, 2.05) is 0 Å². The lowest BCUT2D eigenvalue weighted by atomic mass is 9.98. The van der Waals surface area contributed by atoms with Crippen molar-refractivity contribution in [2.45, 2.75) is 44.2 Å². The van der Waals surface area contributed by atoms with Crippen molar-refractivity contribution in [1.29, 1.82) is 5.26 Å². The molecule has 0 spiro atoms. The van der Waals surface area contributed by atoms with Gasteiger partial charge in [-0.2, -0.15) is 5.26 Å². The smallest absolute Gasteiger partial charge is 0.0981 e. The van der Waals surface area contributed by atoms with Gasteiger partial charge >= 0.3 is 0 Å². The molecule has 2 fully saturated rings. The average molecular weight is 194 g/mol. The third kappa shape index (κ3) is 2.08. The molecule has 0 amide bonds. The minimum atomic E-state index is 0.149. The van der Waals surface area contributed by atoms with Crippen LogP contribution in [0, 0.1) is 11.3 Å². The Morgan fingerprint density at radius 3 is 2.86 bits per heavy atom. The second kappa shape index (κ2) is 4.77. The van der Waals surface area contributed by atoms with Gasteiger partial charge in [-0.15, -0.1) is 0 Å². The van der Waals surface area contributed by atoms with E-state index in [2.05, 4.69) is 11.0 Å². The second-order valence-electron chi connectivity index (χ2n) is 4.25. The molecule has 2 heterocycles. The van der Waals surface area contributed by atoms with Crippen LogP contribution in [0.1, 0.15) is 32.1 Å². The van der Waals surface area contributed by atoms with Gasteiger partial charge < -0.3 is 4.74 Å². The second-order valence-corrected chi connectivity index (χ2v) is 4.25. The summed E-state index contributed by atoms with van der Waals surface area (Å²) >= 11 is 0. The van der Waals surface area contributed by atoms with Crippen LogP contribution in [0.4, 0.5) is 0 Å². The van der Waals surface area contributed by atoms with Crippen molar-refractivity contribution in [2.75, 3.05) is 19.8 Å². The van der Waals surface area contributed by atoms with Gasteiger partial charge in [-0.1, -0.05) is 0 Å². The number of hydrogen-bond donors (Lipinski definition) is 0.